The van der Waals surface area contributed by atoms with E-state index in [1.807, 2.05) is 18.4 Å². The summed E-state index contributed by atoms with van der Waals surface area (Å²) in [6, 6.07) is 13.8. The van der Waals surface area contributed by atoms with Crippen molar-refractivity contribution in [2.45, 2.75) is 32.2 Å². The van der Waals surface area contributed by atoms with Gasteiger partial charge in [-0.15, -0.1) is 11.3 Å². The van der Waals surface area contributed by atoms with Crippen molar-refractivity contribution >= 4 is 11.3 Å². The number of hydrogen-bond donors (Lipinski definition) is 1. The zero-order valence-corrected chi connectivity index (χ0v) is 12.1. The molecule has 2 aromatic rings. The van der Waals surface area contributed by atoms with Gasteiger partial charge in [-0.05, 0) is 42.0 Å². The third-order valence-corrected chi connectivity index (χ3v) is 4.31. The van der Waals surface area contributed by atoms with Gasteiger partial charge in [-0.2, -0.15) is 0 Å². The molecule has 1 aromatic heterocycles. The van der Waals surface area contributed by atoms with E-state index >= 15 is 0 Å². The third kappa shape index (κ3) is 3.21. The Kier molecular flexibility index (Phi) is 4.56. The van der Waals surface area contributed by atoms with Crippen molar-refractivity contribution < 1.29 is 0 Å². The Labute approximate surface area is 114 Å². The van der Waals surface area contributed by atoms with Gasteiger partial charge >= 0.3 is 0 Å². The minimum Gasteiger partial charge on any atom is -0.312 e. The number of likely N-dealkylation sites (N-methyl/N-ethyl adjacent to an activating group) is 1. The Morgan fingerprint density at radius 3 is 2.33 bits per heavy atom. The van der Waals surface area contributed by atoms with Crippen molar-refractivity contribution in [1.29, 1.82) is 0 Å². The van der Waals surface area contributed by atoms with Gasteiger partial charge in [0.1, 0.15) is 0 Å². The molecule has 1 unspecified atom stereocenters. The van der Waals surface area contributed by atoms with E-state index < -0.39 is 0 Å². The predicted molar refractivity (Wildman–Crippen MR) is 80.4 cm³/mol. The zero-order chi connectivity index (χ0) is 13.0. The van der Waals surface area contributed by atoms with Gasteiger partial charge in [0, 0.05) is 10.9 Å². The Bertz CT molecular complexity index is 456. The number of benzene rings is 1. The second-order valence-electron chi connectivity index (χ2n) is 4.96. The van der Waals surface area contributed by atoms with Gasteiger partial charge < -0.3 is 5.32 Å². The maximum absolute atomic E-state index is 3.40. The van der Waals surface area contributed by atoms with Crippen LogP contribution in [-0.2, 0) is 6.42 Å². The highest BCUT2D eigenvalue weighted by Gasteiger charge is 2.11. The van der Waals surface area contributed by atoms with Gasteiger partial charge in [0.25, 0.3) is 0 Å². The summed E-state index contributed by atoms with van der Waals surface area (Å²) in [4.78, 5) is 1.41. The second-order valence-corrected chi connectivity index (χ2v) is 5.94. The highest BCUT2D eigenvalue weighted by Crippen LogP contribution is 2.23. The van der Waals surface area contributed by atoms with E-state index in [4.69, 9.17) is 0 Å². The summed E-state index contributed by atoms with van der Waals surface area (Å²) in [6.07, 6.45) is 1.05. The smallest absolute Gasteiger partial charge is 0.0453 e. The van der Waals surface area contributed by atoms with E-state index in [9.17, 15) is 0 Å². The van der Waals surface area contributed by atoms with Crippen molar-refractivity contribution in [3.63, 3.8) is 0 Å². The van der Waals surface area contributed by atoms with E-state index in [1.54, 1.807) is 0 Å². The number of nitrogens with one attached hydrogen (secondary N) is 1. The van der Waals surface area contributed by atoms with Crippen LogP contribution in [0.2, 0.25) is 0 Å². The Balaban J connectivity index is 2.08. The van der Waals surface area contributed by atoms with Crippen LogP contribution in [0.1, 0.15) is 41.8 Å². The molecule has 0 bridgehead atoms. The number of hydrogen-bond acceptors (Lipinski definition) is 2. The molecule has 0 spiro atoms. The van der Waals surface area contributed by atoms with Gasteiger partial charge in [0.05, 0.1) is 0 Å². The van der Waals surface area contributed by atoms with Gasteiger partial charge in [0.15, 0.2) is 0 Å². The fourth-order valence-electron chi connectivity index (χ4n) is 2.11. The van der Waals surface area contributed by atoms with E-state index in [1.165, 1.54) is 16.0 Å². The Hall–Kier alpha value is -1.12. The van der Waals surface area contributed by atoms with Crippen LogP contribution >= 0.6 is 11.3 Å². The van der Waals surface area contributed by atoms with Crippen LogP contribution in [-0.4, -0.2) is 7.05 Å². The lowest BCUT2D eigenvalue weighted by molar-refractivity contribution is 0.602. The molecule has 0 aliphatic carbocycles. The van der Waals surface area contributed by atoms with Crippen molar-refractivity contribution in [3.05, 3.63) is 57.8 Å². The summed E-state index contributed by atoms with van der Waals surface area (Å²) < 4.78 is 0. The van der Waals surface area contributed by atoms with Crippen LogP contribution in [0.25, 0.3) is 0 Å². The van der Waals surface area contributed by atoms with E-state index in [0.29, 0.717) is 12.0 Å². The summed E-state index contributed by atoms with van der Waals surface area (Å²) in [5.74, 6) is 0.608. The maximum atomic E-state index is 3.40. The van der Waals surface area contributed by atoms with Crippen LogP contribution in [0.3, 0.4) is 0 Å². The molecule has 1 atom stereocenters. The van der Waals surface area contributed by atoms with E-state index in [2.05, 4.69) is 60.9 Å². The Morgan fingerprint density at radius 2 is 1.83 bits per heavy atom. The largest absolute Gasteiger partial charge is 0.312 e. The summed E-state index contributed by atoms with van der Waals surface area (Å²) >= 11 is 1.82. The normalized spacial score (nSPS) is 12.9. The van der Waals surface area contributed by atoms with Crippen LogP contribution in [0.15, 0.2) is 41.8 Å². The predicted octanol–water partition coefficient (Wildman–Crippen LogP) is 4.37. The second kappa shape index (κ2) is 6.17. The third-order valence-electron chi connectivity index (χ3n) is 3.32. The molecule has 0 amide bonds. The molecule has 2 heteroatoms. The van der Waals surface area contributed by atoms with Gasteiger partial charge in [-0.3, -0.25) is 0 Å². The highest BCUT2D eigenvalue weighted by atomic mass is 32.1. The lowest BCUT2D eigenvalue weighted by Crippen LogP contribution is -2.17. The SMILES string of the molecule is CNC(Cc1ccc(C(C)C)cc1)c1cccs1. The molecule has 1 aromatic carbocycles. The molecule has 0 aliphatic heterocycles. The lowest BCUT2D eigenvalue weighted by atomic mass is 9.99. The summed E-state index contributed by atoms with van der Waals surface area (Å²) in [5, 5.41) is 5.54. The molecule has 0 fully saturated rings. The molecule has 0 saturated carbocycles. The first-order valence-corrected chi connectivity index (χ1v) is 7.38. The molecule has 96 valence electrons. The summed E-state index contributed by atoms with van der Waals surface area (Å²) in [5.41, 5.74) is 2.81. The molecule has 0 radical (unpaired) electrons. The number of rotatable bonds is 5. The summed E-state index contributed by atoms with van der Waals surface area (Å²) in [6.45, 7) is 4.47. The quantitative estimate of drug-likeness (QED) is 0.840. The highest BCUT2D eigenvalue weighted by molar-refractivity contribution is 7.10. The molecule has 0 aliphatic rings. The lowest BCUT2D eigenvalue weighted by Gasteiger charge is -2.15. The molecule has 1 N–H and O–H groups in total. The van der Waals surface area contributed by atoms with E-state index in [-0.39, 0.29) is 0 Å². The first kappa shape index (κ1) is 13.3. The van der Waals surface area contributed by atoms with Crippen molar-refractivity contribution in [3.8, 4) is 0 Å². The van der Waals surface area contributed by atoms with Crippen LogP contribution in [0.4, 0.5) is 0 Å². The Morgan fingerprint density at radius 1 is 1.11 bits per heavy atom. The van der Waals surface area contributed by atoms with Crippen molar-refractivity contribution in [2.24, 2.45) is 0 Å². The molecule has 2 rings (SSSR count). The fourth-order valence-corrected chi connectivity index (χ4v) is 2.95. The van der Waals surface area contributed by atoms with Crippen LogP contribution < -0.4 is 5.32 Å². The fraction of sp³-hybridized carbons (Fsp3) is 0.375. The zero-order valence-electron chi connectivity index (χ0n) is 11.3. The molecule has 0 saturated heterocycles. The topological polar surface area (TPSA) is 12.0 Å². The molecule has 1 nitrogen and oxygen atoms in total. The van der Waals surface area contributed by atoms with Gasteiger partial charge in [-0.25, -0.2) is 0 Å². The minimum atomic E-state index is 0.426. The molecule has 18 heavy (non-hydrogen) atoms. The van der Waals surface area contributed by atoms with Gasteiger partial charge in [0.2, 0.25) is 0 Å². The number of thiophene rings is 1. The standard InChI is InChI=1S/C16H21NS/c1-12(2)14-8-6-13(7-9-14)11-15(17-3)16-5-4-10-18-16/h4-10,12,15,17H,11H2,1-3H3. The van der Waals surface area contributed by atoms with Crippen molar-refractivity contribution in [1.82, 2.24) is 5.32 Å². The summed E-state index contributed by atoms with van der Waals surface area (Å²) in [7, 11) is 2.03. The van der Waals surface area contributed by atoms with Crippen LogP contribution in [0.5, 0.6) is 0 Å². The molecular formula is C16H21NS. The average molecular weight is 259 g/mol. The maximum Gasteiger partial charge on any atom is 0.0453 e. The van der Waals surface area contributed by atoms with E-state index in [0.717, 1.165) is 6.42 Å². The first-order valence-electron chi connectivity index (χ1n) is 6.50. The minimum absolute atomic E-state index is 0.426. The van der Waals surface area contributed by atoms with Crippen LogP contribution in [0, 0.1) is 0 Å². The average Bonchev–Trinajstić information content (AvgIpc) is 2.90. The monoisotopic (exact) mass is 259 g/mol. The molecule has 1 heterocycles. The first-order chi connectivity index (χ1) is 8.70. The molecular weight excluding hydrogens is 238 g/mol. The van der Waals surface area contributed by atoms with Crippen molar-refractivity contribution in [2.75, 3.05) is 7.05 Å². The van der Waals surface area contributed by atoms with Gasteiger partial charge in [-0.1, -0.05) is 44.2 Å².